The zero-order valence-corrected chi connectivity index (χ0v) is 14.4. The molecule has 0 N–H and O–H groups in total. The van der Waals surface area contributed by atoms with Crippen LogP contribution in [0.15, 0.2) is 18.2 Å². The quantitative estimate of drug-likeness (QED) is 0.851. The fourth-order valence-corrected chi connectivity index (χ4v) is 3.67. The molecular weight excluding hydrogens is 333 g/mol. The highest BCUT2D eigenvalue weighted by Crippen LogP contribution is 2.28. The van der Waals surface area contributed by atoms with Crippen molar-refractivity contribution in [1.82, 2.24) is 19.7 Å². The van der Waals surface area contributed by atoms with Crippen molar-refractivity contribution in [2.45, 2.75) is 25.9 Å². The van der Waals surface area contributed by atoms with E-state index in [1.165, 1.54) is 6.42 Å². The first-order valence-electron chi connectivity index (χ1n) is 8.04. The minimum absolute atomic E-state index is 0.606. The second-order valence-electron chi connectivity index (χ2n) is 6.15. The first-order chi connectivity index (χ1) is 11.2. The van der Waals surface area contributed by atoms with E-state index in [-0.39, 0.29) is 0 Å². The minimum Gasteiger partial charge on any atom is -0.369 e. The summed E-state index contributed by atoms with van der Waals surface area (Å²) in [5.74, 6) is 2.26. The highest BCUT2D eigenvalue weighted by molar-refractivity contribution is 6.42. The third-order valence-electron chi connectivity index (χ3n) is 4.69. The molecule has 0 bridgehead atoms. The van der Waals surface area contributed by atoms with Gasteiger partial charge in [0.15, 0.2) is 0 Å². The summed E-state index contributed by atoms with van der Waals surface area (Å²) in [6.45, 7) is 5.96. The van der Waals surface area contributed by atoms with Gasteiger partial charge in [-0.05, 0) is 24.6 Å². The molecule has 1 saturated heterocycles. The van der Waals surface area contributed by atoms with Gasteiger partial charge >= 0.3 is 0 Å². The Bertz CT molecular complexity index is 706. The lowest BCUT2D eigenvalue weighted by atomic mass is 10.2. The molecule has 2 aliphatic rings. The average Bonchev–Trinajstić information content (AvgIpc) is 3.16. The normalized spacial score (nSPS) is 18.4. The van der Waals surface area contributed by atoms with E-state index >= 15 is 0 Å². The number of aromatic nitrogens is 3. The lowest BCUT2D eigenvalue weighted by molar-refractivity contribution is 0.240. The lowest BCUT2D eigenvalue weighted by Crippen LogP contribution is -2.46. The maximum Gasteiger partial charge on any atom is 0.147 e. The summed E-state index contributed by atoms with van der Waals surface area (Å²) < 4.78 is 2.28. The van der Waals surface area contributed by atoms with Gasteiger partial charge in [0.25, 0.3) is 0 Å². The molecule has 2 aromatic rings. The SMILES string of the molecule is Clc1ccc(N2CCN(Cc3nnc4n3CCC4)CC2)cc1Cl. The maximum absolute atomic E-state index is 6.12. The van der Waals surface area contributed by atoms with Crippen LogP contribution in [0, 0.1) is 0 Å². The predicted molar refractivity (Wildman–Crippen MR) is 92.3 cm³/mol. The Morgan fingerprint density at radius 3 is 2.57 bits per heavy atom. The standard InChI is InChI=1S/C16H19Cl2N5/c17-13-4-3-12(10-14(13)18)22-8-6-21(7-9-22)11-16-20-19-15-2-1-5-23(15)16/h3-4,10H,1-2,5-9,11H2. The van der Waals surface area contributed by atoms with Gasteiger partial charge in [0.1, 0.15) is 11.6 Å². The molecule has 7 heteroatoms. The molecule has 1 aromatic carbocycles. The van der Waals surface area contributed by atoms with Gasteiger partial charge in [0.05, 0.1) is 16.6 Å². The van der Waals surface area contributed by atoms with Crippen LogP contribution >= 0.6 is 23.2 Å². The smallest absolute Gasteiger partial charge is 0.147 e. The number of halogens is 2. The number of fused-ring (bicyclic) bond motifs is 1. The Hall–Kier alpha value is -1.30. The van der Waals surface area contributed by atoms with E-state index in [0.717, 1.165) is 63.0 Å². The van der Waals surface area contributed by atoms with Crippen LogP contribution in [0.1, 0.15) is 18.1 Å². The molecule has 5 nitrogen and oxygen atoms in total. The fourth-order valence-electron chi connectivity index (χ4n) is 3.37. The van der Waals surface area contributed by atoms with E-state index in [2.05, 4.69) is 24.6 Å². The van der Waals surface area contributed by atoms with Gasteiger partial charge in [-0.3, -0.25) is 4.90 Å². The van der Waals surface area contributed by atoms with E-state index in [4.69, 9.17) is 23.2 Å². The Balaban J connectivity index is 1.38. The Kier molecular flexibility index (Phi) is 4.18. The van der Waals surface area contributed by atoms with Crippen molar-refractivity contribution in [3.63, 3.8) is 0 Å². The number of rotatable bonds is 3. The molecule has 122 valence electrons. The molecule has 0 atom stereocenters. The van der Waals surface area contributed by atoms with E-state index in [1.54, 1.807) is 0 Å². The molecule has 3 heterocycles. The number of hydrogen-bond acceptors (Lipinski definition) is 4. The van der Waals surface area contributed by atoms with Crippen LogP contribution in [0.5, 0.6) is 0 Å². The third-order valence-corrected chi connectivity index (χ3v) is 5.43. The number of piperazine rings is 1. The fraction of sp³-hybridized carbons (Fsp3) is 0.500. The summed E-state index contributed by atoms with van der Waals surface area (Å²) >= 11 is 12.1. The van der Waals surface area contributed by atoms with Crippen LogP contribution in [0.4, 0.5) is 5.69 Å². The molecule has 4 rings (SSSR count). The summed E-state index contributed by atoms with van der Waals surface area (Å²) in [5, 5.41) is 9.87. The van der Waals surface area contributed by atoms with E-state index in [1.807, 2.05) is 18.2 Å². The molecule has 1 aromatic heterocycles. The summed E-state index contributed by atoms with van der Waals surface area (Å²) in [6, 6.07) is 5.85. The average molecular weight is 352 g/mol. The van der Waals surface area contributed by atoms with Gasteiger partial charge in [-0.2, -0.15) is 0 Å². The molecular formula is C16H19Cl2N5. The molecule has 0 spiro atoms. The van der Waals surface area contributed by atoms with Crippen LogP contribution in [-0.4, -0.2) is 45.8 Å². The molecule has 23 heavy (non-hydrogen) atoms. The van der Waals surface area contributed by atoms with Gasteiger partial charge in [0.2, 0.25) is 0 Å². The first kappa shape index (κ1) is 15.2. The van der Waals surface area contributed by atoms with Crippen molar-refractivity contribution < 1.29 is 0 Å². The molecule has 0 aliphatic carbocycles. The largest absolute Gasteiger partial charge is 0.369 e. The molecule has 0 radical (unpaired) electrons. The zero-order valence-electron chi connectivity index (χ0n) is 12.9. The van der Waals surface area contributed by atoms with Crippen molar-refractivity contribution in [2.75, 3.05) is 31.1 Å². The highest BCUT2D eigenvalue weighted by atomic mass is 35.5. The van der Waals surface area contributed by atoms with Gasteiger partial charge < -0.3 is 9.47 Å². The minimum atomic E-state index is 0.606. The zero-order chi connectivity index (χ0) is 15.8. The van der Waals surface area contributed by atoms with E-state index < -0.39 is 0 Å². The summed E-state index contributed by atoms with van der Waals surface area (Å²) in [5.41, 5.74) is 1.14. The van der Waals surface area contributed by atoms with Crippen molar-refractivity contribution in [2.24, 2.45) is 0 Å². The van der Waals surface area contributed by atoms with Crippen LogP contribution < -0.4 is 4.90 Å². The Morgan fingerprint density at radius 2 is 1.78 bits per heavy atom. The number of anilines is 1. The summed E-state index contributed by atoms with van der Waals surface area (Å²) in [4.78, 5) is 4.80. The van der Waals surface area contributed by atoms with Gasteiger partial charge in [-0.25, -0.2) is 0 Å². The molecule has 1 fully saturated rings. The number of hydrogen-bond donors (Lipinski definition) is 0. The Morgan fingerprint density at radius 1 is 0.957 bits per heavy atom. The second-order valence-corrected chi connectivity index (χ2v) is 6.96. The topological polar surface area (TPSA) is 37.2 Å². The van der Waals surface area contributed by atoms with Gasteiger partial charge in [-0.15, -0.1) is 10.2 Å². The molecule has 0 amide bonds. The summed E-state index contributed by atoms with van der Waals surface area (Å²) in [7, 11) is 0. The van der Waals surface area contributed by atoms with Gasteiger partial charge in [-0.1, -0.05) is 23.2 Å². The lowest BCUT2D eigenvalue weighted by Gasteiger charge is -2.36. The molecule has 0 unspecified atom stereocenters. The third kappa shape index (κ3) is 3.05. The highest BCUT2D eigenvalue weighted by Gasteiger charge is 2.22. The number of benzene rings is 1. The van der Waals surface area contributed by atoms with Crippen LogP contribution in [0.25, 0.3) is 0 Å². The van der Waals surface area contributed by atoms with Crippen molar-refractivity contribution in [1.29, 1.82) is 0 Å². The number of aryl methyl sites for hydroxylation is 1. The number of nitrogens with zero attached hydrogens (tertiary/aromatic N) is 5. The Labute approximate surface area is 145 Å². The van der Waals surface area contributed by atoms with Crippen molar-refractivity contribution in [3.05, 3.63) is 39.9 Å². The van der Waals surface area contributed by atoms with Gasteiger partial charge in [0, 0.05) is 44.8 Å². The second kappa shape index (κ2) is 6.30. The summed E-state index contributed by atoms with van der Waals surface area (Å²) in [6.07, 6.45) is 2.26. The first-order valence-corrected chi connectivity index (χ1v) is 8.79. The maximum atomic E-state index is 6.12. The van der Waals surface area contributed by atoms with Crippen LogP contribution in [0.3, 0.4) is 0 Å². The predicted octanol–water partition coefficient (Wildman–Crippen LogP) is 2.85. The monoisotopic (exact) mass is 351 g/mol. The van der Waals surface area contributed by atoms with Crippen molar-refractivity contribution >= 4 is 28.9 Å². The van der Waals surface area contributed by atoms with Crippen LogP contribution in [0.2, 0.25) is 10.0 Å². The van der Waals surface area contributed by atoms with Crippen LogP contribution in [-0.2, 0) is 19.5 Å². The molecule has 2 aliphatic heterocycles. The molecule has 0 saturated carbocycles. The van der Waals surface area contributed by atoms with E-state index in [0.29, 0.717) is 10.0 Å². The van der Waals surface area contributed by atoms with Crippen molar-refractivity contribution in [3.8, 4) is 0 Å². The van der Waals surface area contributed by atoms with E-state index in [9.17, 15) is 0 Å².